The number of thioether (sulfide) groups is 1. The van der Waals surface area contributed by atoms with Crippen molar-refractivity contribution in [1.29, 1.82) is 0 Å². The van der Waals surface area contributed by atoms with E-state index < -0.39 is 11.5 Å². The van der Waals surface area contributed by atoms with Crippen LogP contribution < -0.4 is 5.32 Å². The van der Waals surface area contributed by atoms with Crippen molar-refractivity contribution in [3.8, 4) is 0 Å². The van der Waals surface area contributed by atoms with Gasteiger partial charge in [0.15, 0.2) is 5.16 Å². The van der Waals surface area contributed by atoms with E-state index in [4.69, 9.17) is 0 Å². The van der Waals surface area contributed by atoms with Crippen molar-refractivity contribution in [3.63, 3.8) is 0 Å². The number of aromatic amines is 1. The van der Waals surface area contributed by atoms with Gasteiger partial charge in [0.2, 0.25) is 0 Å². The topological polar surface area (TPSA) is 78.0 Å². The van der Waals surface area contributed by atoms with Crippen molar-refractivity contribution in [2.75, 3.05) is 5.75 Å². The molecular formula is C14H23N3O2S. The zero-order valence-corrected chi connectivity index (χ0v) is 12.9. The zero-order valence-electron chi connectivity index (χ0n) is 12.1. The standard InChI is InChI=1S/C14H23N3O2S/c1-10(2)17-14(12(18)19)6-3-4-11(14)5-9-20-13-15-7-8-16-13/h7-8,10-11,17H,3-6,9H2,1-2H3,(H,15,16)(H,18,19). The molecule has 1 heterocycles. The highest BCUT2D eigenvalue weighted by molar-refractivity contribution is 7.99. The van der Waals surface area contributed by atoms with E-state index in [1.807, 2.05) is 13.8 Å². The molecule has 112 valence electrons. The molecule has 5 nitrogen and oxygen atoms in total. The Morgan fingerprint density at radius 1 is 1.70 bits per heavy atom. The van der Waals surface area contributed by atoms with Crippen LogP contribution in [0.15, 0.2) is 17.6 Å². The molecule has 2 unspecified atom stereocenters. The normalized spacial score (nSPS) is 26.2. The van der Waals surface area contributed by atoms with Gasteiger partial charge in [0.05, 0.1) is 0 Å². The molecule has 2 rings (SSSR count). The van der Waals surface area contributed by atoms with Gasteiger partial charge in [-0.15, -0.1) is 0 Å². The third kappa shape index (κ3) is 3.35. The minimum atomic E-state index is -0.738. The van der Waals surface area contributed by atoms with Crippen molar-refractivity contribution in [2.24, 2.45) is 5.92 Å². The fourth-order valence-corrected chi connectivity index (χ4v) is 4.03. The largest absolute Gasteiger partial charge is 0.480 e. The third-order valence-electron chi connectivity index (χ3n) is 3.93. The van der Waals surface area contributed by atoms with Crippen LogP contribution in [-0.4, -0.2) is 38.4 Å². The predicted octanol–water partition coefficient (Wildman–Crippen LogP) is 2.51. The molecule has 2 atom stereocenters. The van der Waals surface area contributed by atoms with Crippen LogP contribution in [0.4, 0.5) is 0 Å². The maximum atomic E-state index is 11.8. The van der Waals surface area contributed by atoms with Crippen LogP contribution in [0.1, 0.15) is 39.5 Å². The summed E-state index contributed by atoms with van der Waals surface area (Å²) < 4.78 is 0. The van der Waals surface area contributed by atoms with Gasteiger partial charge in [0, 0.05) is 24.2 Å². The van der Waals surface area contributed by atoms with Crippen molar-refractivity contribution >= 4 is 17.7 Å². The lowest BCUT2D eigenvalue weighted by Gasteiger charge is -2.34. The van der Waals surface area contributed by atoms with E-state index in [-0.39, 0.29) is 12.0 Å². The Hall–Kier alpha value is -1.01. The molecule has 1 fully saturated rings. The average molecular weight is 297 g/mol. The van der Waals surface area contributed by atoms with E-state index in [9.17, 15) is 9.90 Å². The summed E-state index contributed by atoms with van der Waals surface area (Å²) in [5, 5.41) is 13.9. The van der Waals surface area contributed by atoms with E-state index in [0.29, 0.717) is 0 Å². The first kappa shape index (κ1) is 15.4. The summed E-state index contributed by atoms with van der Waals surface area (Å²) in [6.07, 6.45) is 7.15. The Morgan fingerprint density at radius 3 is 3.10 bits per heavy atom. The number of aromatic nitrogens is 2. The Morgan fingerprint density at radius 2 is 2.50 bits per heavy atom. The number of hydrogen-bond acceptors (Lipinski definition) is 4. The third-order valence-corrected chi connectivity index (χ3v) is 4.86. The molecule has 0 aromatic carbocycles. The maximum Gasteiger partial charge on any atom is 0.324 e. The lowest BCUT2D eigenvalue weighted by molar-refractivity contribution is -0.147. The highest BCUT2D eigenvalue weighted by Crippen LogP contribution is 2.39. The molecule has 0 saturated heterocycles. The Kier molecular flexibility index (Phi) is 5.10. The molecule has 1 aliphatic carbocycles. The van der Waals surface area contributed by atoms with Gasteiger partial charge in [-0.05, 0) is 39.0 Å². The van der Waals surface area contributed by atoms with Crippen LogP contribution in [0.2, 0.25) is 0 Å². The van der Waals surface area contributed by atoms with Crippen LogP contribution in [0.25, 0.3) is 0 Å². The number of carboxylic acid groups (broad SMARTS) is 1. The van der Waals surface area contributed by atoms with Crippen LogP contribution in [0.3, 0.4) is 0 Å². The predicted molar refractivity (Wildman–Crippen MR) is 79.9 cm³/mol. The molecule has 1 aromatic rings. The van der Waals surface area contributed by atoms with Crippen LogP contribution >= 0.6 is 11.8 Å². The van der Waals surface area contributed by atoms with E-state index >= 15 is 0 Å². The number of nitrogens with one attached hydrogen (secondary N) is 2. The molecular weight excluding hydrogens is 274 g/mol. The number of H-pyrrole nitrogens is 1. The average Bonchev–Trinajstić information content (AvgIpc) is 2.99. The van der Waals surface area contributed by atoms with E-state index in [1.165, 1.54) is 0 Å². The lowest BCUT2D eigenvalue weighted by Crippen LogP contribution is -2.57. The summed E-state index contributed by atoms with van der Waals surface area (Å²) in [4.78, 5) is 19.0. The first-order chi connectivity index (χ1) is 9.54. The number of rotatable bonds is 7. The van der Waals surface area contributed by atoms with Crippen molar-refractivity contribution in [1.82, 2.24) is 15.3 Å². The van der Waals surface area contributed by atoms with E-state index in [0.717, 1.165) is 36.6 Å². The number of aliphatic carboxylic acids is 1. The number of carbonyl (C=O) groups is 1. The summed E-state index contributed by atoms with van der Waals surface area (Å²) in [6.45, 7) is 4.02. The number of carboxylic acids is 1. The van der Waals surface area contributed by atoms with E-state index in [2.05, 4.69) is 15.3 Å². The minimum Gasteiger partial charge on any atom is -0.480 e. The van der Waals surface area contributed by atoms with Crippen LogP contribution in [0.5, 0.6) is 0 Å². The first-order valence-corrected chi connectivity index (χ1v) is 8.16. The monoisotopic (exact) mass is 297 g/mol. The second kappa shape index (κ2) is 6.63. The Bertz CT molecular complexity index is 436. The summed E-state index contributed by atoms with van der Waals surface area (Å²) >= 11 is 1.66. The van der Waals surface area contributed by atoms with Crippen molar-refractivity contribution < 1.29 is 9.90 Å². The molecule has 0 radical (unpaired) electrons. The zero-order chi connectivity index (χ0) is 14.6. The molecule has 0 amide bonds. The number of imidazole rings is 1. The van der Waals surface area contributed by atoms with Gasteiger partial charge in [-0.1, -0.05) is 18.2 Å². The second-order valence-corrected chi connectivity index (χ2v) is 6.78. The molecule has 1 aliphatic rings. The fourth-order valence-electron chi connectivity index (χ4n) is 3.14. The SMILES string of the molecule is CC(C)NC1(C(=O)O)CCCC1CCSc1ncc[nH]1. The first-order valence-electron chi connectivity index (χ1n) is 7.18. The maximum absolute atomic E-state index is 11.8. The molecule has 1 saturated carbocycles. The Balaban J connectivity index is 1.95. The molecule has 0 aliphatic heterocycles. The van der Waals surface area contributed by atoms with Gasteiger partial charge in [0.25, 0.3) is 0 Å². The van der Waals surface area contributed by atoms with Gasteiger partial charge in [-0.2, -0.15) is 0 Å². The van der Waals surface area contributed by atoms with Gasteiger partial charge >= 0.3 is 5.97 Å². The van der Waals surface area contributed by atoms with Crippen molar-refractivity contribution in [2.45, 2.75) is 56.3 Å². The van der Waals surface area contributed by atoms with E-state index in [1.54, 1.807) is 24.2 Å². The highest BCUT2D eigenvalue weighted by atomic mass is 32.2. The highest BCUT2D eigenvalue weighted by Gasteiger charge is 2.48. The molecule has 0 spiro atoms. The number of hydrogen-bond donors (Lipinski definition) is 3. The van der Waals surface area contributed by atoms with Gasteiger partial charge in [-0.3, -0.25) is 10.1 Å². The lowest BCUT2D eigenvalue weighted by atomic mass is 9.84. The molecule has 0 bridgehead atoms. The second-order valence-electron chi connectivity index (χ2n) is 5.70. The van der Waals surface area contributed by atoms with Crippen molar-refractivity contribution in [3.05, 3.63) is 12.4 Å². The quantitative estimate of drug-likeness (QED) is 0.674. The van der Waals surface area contributed by atoms with Gasteiger partial charge in [0.1, 0.15) is 5.54 Å². The summed E-state index contributed by atoms with van der Waals surface area (Å²) in [7, 11) is 0. The smallest absolute Gasteiger partial charge is 0.324 e. The van der Waals surface area contributed by atoms with Gasteiger partial charge in [-0.25, -0.2) is 4.98 Å². The van der Waals surface area contributed by atoms with Crippen LogP contribution in [-0.2, 0) is 4.79 Å². The summed E-state index contributed by atoms with van der Waals surface area (Å²) in [5.41, 5.74) is -0.738. The minimum absolute atomic E-state index is 0.185. The molecule has 3 N–H and O–H groups in total. The fraction of sp³-hybridized carbons (Fsp3) is 0.714. The van der Waals surface area contributed by atoms with Gasteiger partial charge < -0.3 is 10.1 Å². The van der Waals surface area contributed by atoms with Crippen LogP contribution in [0, 0.1) is 5.92 Å². The molecule has 6 heteroatoms. The number of nitrogens with zero attached hydrogens (tertiary/aromatic N) is 1. The molecule has 1 aromatic heterocycles. The Labute approximate surface area is 123 Å². The summed E-state index contributed by atoms with van der Waals surface area (Å²) in [5.74, 6) is 0.397. The molecule has 20 heavy (non-hydrogen) atoms. The summed E-state index contributed by atoms with van der Waals surface area (Å²) in [6, 6.07) is 0.185.